The number of carbonyl (C=O) groups is 1. The molecule has 2 heterocycles. The largest absolute Gasteiger partial charge is 0.383 e. The van der Waals surface area contributed by atoms with Crippen LogP contribution in [0.2, 0.25) is 0 Å². The first-order chi connectivity index (χ1) is 10.6. The topological polar surface area (TPSA) is 50.8 Å². The lowest BCUT2D eigenvalue weighted by Gasteiger charge is -2.49. The number of hydrogen-bond acceptors (Lipinski definition) is 4. The molecular formula is C17H28N2O3. The Labute approximate surface area is 132 Å². The third kappa shape index (κ3) is 2.21. The summed E-state index contributed by atoms with van der Waals surface area (Å²) >= 11 is 0. The molecule has 1 amide bonds. The molecule has 1 N–H and O–H groups in total. The number of hydrogen-bond donors (Lipinski definition) is 1. The van der Waals surface area contributed by atoms with E-state index in [1.807, 2.05) is 0 Å². The van der Waals surface area contributed by atoms with E-state index in [-0.39, 0.29) is 11.2 Å². The van der Waals surface area contributed by atoms with Crippen molar-refractivity contribution >= 4 is 5.91 Å². The van der Waals surface area contributed by atoms with E-state index >= 15 is 0 Å². The number of nitrogens with zero attached hydrogens (tertiary/aromatic N) is 1. The molecule has 124 valence electrons. The quantitative estimate of drug-likeness (QED) is 0.861. The van der Waals surface area contributed by atoms with E-state index in [0.29, 0.717) is 17.9 Å². The second kappa shape index (κ2) is 5.18. The predicted molar refractivity (Wildman–Crippen MR) is 82.4 cm³/mol. The number of amides is 1. The van der Waals surface area contributed by atoms with Crippen molar-refractivity contribution in [3.05, 3.63) is 0 Å². The van der Waals surface area contributed by atoms with Gasteiger partial charge in [0.05, 0.1) is 12.3 Å². The van der Waals surface area contributed by atoms with Gasteiger partial charge in [0.1, 0.15) is 5.54 Å². The van der Waals surface area contributed by atoms with E-state index < -0.39 is 0 Å². The van der Waals surface area contributed by atoms with Crippen LogP contribution in [0.25, 0.3) is 0 Å². The van der Waals surface area contributed by atoms with Crippen molar-refractivity contribution in [3.8, 4) is 0 Å². The average Bonchev–Trinajstić information content (AvgIpc) is 3.28. The van der Waals surface area contributed by atoms with Gasteiger partial charge in [-0.05, 0) is 56.8 Å². The zero-order valence-electron chi connectivity index (χ0n) is 13.7. The fourth-order valence-electron chi connectivity index (χ4n) is 4.87. The standard InChI is InChI=1S/C17H28N2O3/c1-21-13-10-19-14(20)16(4-5-16)18-17(19)6-2-15(3-7-17)8-11-22-12-9-15/h18H,2-13H2,1H3. The minimum atomic E-state index is -0.214. The Morgan fingerprint density at radius 3 is 2.36 bits per heavy atom. The van der Waals surface area contributed by atoms with E-state index in [0.717, 1.165) is 45.4 Å². The highest BCUT2D eigenvalue weighted by Gasteiger charge is 2.65. The summed E-state index contributed by atoms with van der Waals surface area (Å²) in [6, 6.07) is 0. The van der Waals surface area contributed by atoms with E-state index in [2.05, 4.69) is 10.2 Å². The van der Waals surface area contributed by atoms with Crippen molar-refractivity contribution < 1.29 is 14.3 Å². The normalized spacial score (nSPS) is 31.3. The van der Waals surface area contributed by atoms with Gasteiger partial charge in [-0.15, -0.1) is 0 Å². The van der Waals surface area contributed by atoms with Crippen LogP contribution in [0, 0.1) is 5.41 Å². The molecule has 5 heteroatoms. The van der Waals surface area contributed by atoms with Crippen molar-refractivity contribution in [2.45, 2.75) is 62.6 Å². The van der Waals surface area contributed by atoms with Crippen LogP contribution in [0.15, 0.2) is 0 Å². The Balaban J connectivity index is 1.51. The van der Waals surface area contributed by atoms with Gasteiger partial charge in [0.2, 0.25) is 5.91 Å². The van der Waals surface area contributed by atoms with Gasteiger partial charge < -0.3 is 14.4 Å². The lowest BCUT2D eigenvalue weighted by Crippen LogP contribution is -2.57. The molecule has 0 radical (unpaired) electrons. The second-order valence-electron chi connectivity index (χ2n) is 7.80. The molecule has 2 saturated heterocycles. The molecule has 0 atom stereocenters. The summed E-state index contributed by atoms with van der Waals surface area (Å²) in [5, 5.41) is 3.78. The van der Waals surface area contributed by atoms with E-state index in [1.54, 1.807) is 7.11 Å². The summed E-state index contributed by atoms with van der Waals surface area (Å²) in [6.45, 7) is 3.18. The Kier molecular flexibility index (Phi) is 3.51. The number of rotatable bonds is 3. The first-order valence-corrected chi connectivity index (χ1v) is 8.82. The third-order valence-corrected chi connectivity index (χ3v) is 6.60. The van der Waals surface area contributed by atoms with Crippen LogP contribution in [-0.4, -0.2) is 55.5 Å². The first-order valence-electron chi connectivity index (χ1n) is 8.82. The van der Waals surface area contributed by atoms with Crippen molar-refractivity contribution in [1.29, 1.82) is 0 Å². The third-order valence-electron chi connectivity index (χ3n) is 6.60. The Morgan fingerprint density at radius 2 is 1.77 bits per heavy atom. The summed E-state index contributed by atoms with van der Waals surface area (Å²) in [4.78, 5) is 14.9. The monoisotopic (exact) mass is 308 g/mol. The average molecular weight is 308 g/mol. The van der Waals surface area contributed by atoms with Gasteiger partial charge in [0, 0.05) is 26.9 Å². The SMILES string of the molecule is COCCN1C(=O)C2(CC2)NC12CCC1(CCOCC1)CC2. The zero-order chi connectivity index (χ0) is 15.3. The molecule has 2 saturated carbocycles. The van der Waals surface area contributed by atoms with Gasteiger partial charge >= 0.3 is 0 Å². The van der Waals surface area contributed by atoms with Crippen molar-refractivity contribution in [2.75, 3.05) is 33.5 Å². The maximum atomic E-state index is 12.8. The maximum Gasteiger partial charge on any atom is 0.244 e. The van der Waals surface area contributed by atoms with E-state index in [9.17, 15) is 4.79 Å². The first kappa shape index (κ1) is 14.9. The van der Waals surface area contributed by atoms with Gasteiger partial charge in [-0.3, -0.25) is 10.1 Å². The highest BCUT2D eigenvalue weighted by Crippen LogP contribution is 2.54. The molecule has 0 aromatic heterocycles. The van der Waals surface area contributed by atoms with Crippen LogP contribution >= 0.6 is 0 Å². The lowest BCUT2D eigenvalue weighted by atomic mass is 9.66. The summed E-state index contributed by atoms with van der Waals surface area (Å²) < 4.78 is 10.8. The van der Waals surface area contributed by atoms with E-state index in [4.69, 9.17) is 9.47 Å². The van der Waals surface area contributed by atoms with Gasteiger partial charge in [-0.1, -0.05) is 0 Å². The van der Waals surface area contributed by atoms with E-state index in [1.165, 1.54) is 25.7 Å². The van der Waals surface area contributed by atoms with Crippen LogP contribution in [0.4, 0.5) is 0 Å². The minimum absolute atomic E-state index is 0.102. The van der Waals surface area contributed by atoms with Crippen LogP contribution in [0.5, 0.6) is 0 Å². The van der Waals surface area contributed by atoms with Crippen LogP contribution in [0.1, 0.15) is 51.4 Å². The molecule has 0 aromatic rings. The molecule has 0 bridgehead atoms. The van der Waals surface area contributed by atoms with Crippen molar-refractivity contribution in [3.63, 3.8) is 0 Å². The minimum Gasteiger partial charge on any atom is -0.383 e. The number of carbonyl (C=O) groups excluding carboxylic acids is 1. The highest BCUT2D eigenvalue weighted by molar-refractivity contribution is 5.92. The molecular weight excluding hydrogens is 280 g/mol. The Morgan fingerprint density at radius 1 is 1.09 bits per heavy atom. The molecule has 2 aliphatic heterocycles. The molecule has 22 heavy (non-hydrogen) atoms. The fourth-order valence-corrected chi connectivity index (χ4v) is 4.87. The smallest absolute Gasteiger partial charge is 0.244 e. The number of nitrogens with one attached hydrogen (secondary N) is 1. The maximum absolute atomic E-state index is 12.8. The van der Waals surface area contributed by atoms with Gasteiger partial charge in [0.25, 0.3) is 0 Å². The highest BCUT2D eigenvalue weighted by atomic mass is 16.5. The lowest BCUT2D eigenvalue weighted by molar-refractivity contribution is -0.136. The van der Waals surface area contributed by atoms with Gasteiger partial charge in [-0.25, -0.2) is 0 Å². The summed E-state index contributed by atoms with van der Waals surface area (Å²) in [7, 11) is 1.71. The molecule has 0 unspecified atom stereocenters. The van der Waals surface area contributed by atoms with Crippen LogP contribution in [0.3, 0.4) is 0 Å². The molecule has 4 aliphatic rings. The molecule has 4 fully saturated rings. The predicted octanol–water partition coefficient (Wildman–Crippen LogP) is 1.66. The van der Waals surface area contributed by atoms with Crippen LogP contribution < -0.4 is 5.32 Å². The summed E-state index contributed by atoms with van der Waals surface area (Å²) in [6.07, 6.45) is 9.02. The molecule has 2 aliphatic carbocycles. The Bertz CT molecular complexity index is 445. The summed E-state index contributed by atoms with van der Waals surface area (Å²) in [5.41, 5.74) is 0.157. The van der Waals surface area contributed by atoms with Gasteiger partial charge in [-0.2, -0.15) is 0 Å². The molecule has 3 spiro atoms. The molecule has 5 nitrogen and oxygen atoms in total. The molecule has 4 rings (SSSR count). The fraction of sp³-hybridized carbons (Fsp3) is 0.941. The van der Waals surface area contributed by atoms with Gasteiger partial charge in [0.15, 0.2) is 0 Å². The number of ether oxygens (including phenoxy) is 2. The number of methoxy groups -OCH3 is 1. The Hall–Kier alpha value is -0.650. The second-order valence-corrected chi connectivity index (χ2v) is 7.80. The van der Waals surface area contributed by atoms with Crippen LogP contribution in [-0.2, 0) is 14.3 Å². The van der Waals surface area contributed by atoms with Crippen molar-refractivity contribution in [2.24, 2.45) is 5.41 Å². The summed E-state index contributed by atoms with van der Waals surface area (Å²) in [5.74, 6) is 0.326. The van der Waals surface area contributed by atoms with Crippen molar-refractivity contribution in [1.82, 2.24) is 10.2 Å². The molecule has 0 aromatic carbocycles. The zero-order valence-corrected chi connectivity index (χ0v) is 13.7.